The first-order valence-electron chi connectivity index (χ1n) is 6.65. The molecule has 0 aromatic carbocycles. The van der Waals surface area contributed by atoms with Gasteiger partial charge in [-0.15, -0.1) is 0 Å². The molecule has 19 heavy (non-hydrogen) atoms. The average Bonchev–Trinajstić information content (AvgIpc) is 2.88. The van der Waals surface area contributed by atoms with Crippen molar-refractivity contribution in [1.29, 1.82) is 0 Å². The highest BCUT2D eigenvalue weighted by Gasteiger charge is 2.38. The summed E-state index contributed by atoms with van der Waals surface area (Å²) >= 11 is 0. The van der Waals surface area contributed by atoms with Gasteiger partial charge in [-0.25, -0.2) is 0 Å². The van der Waals surface area contributed by atoms with E-state index in [9.17, 15) is 9.59 Å². The fraction of sp³-hybridized carbons (Fsp3) is 0.615. The molecule has 2 heterocycles. The van der Waals surface area contributed by atoms with Crippen molar-refractivity contribution >= 4 is 11.8 Å². The number of nitrogens with one attached hydrogen (secondary N) is 1. The van der Waals surface area contributed by atoms with Crippen LogP contribution in [0.3, 0.4) is 0 Å². The van der Waals surface area contributed by atoms with Crippen LogP contribution in [-0.2, 0) is 23.1 Å². The highest BCUT2D eigenvalue weighted by molar-refractivity contribution is 6.05. The largest absolute Gasteiger partial charge is 0.298 e. The molecule has 102 valence electrons. The SMILES string of the molecule is CN1C(=O)CC(NC2CCCc3c2cnn3C)C1=O. The predicted molar refractivity (Wildman–Crippen MR) is 68.2 cm³/mol. The number of nitrogens with zero attached hydrogens (tertiary/aromatic N) is 3. The highest BCUT2D eigenvalue weighted by atomic mass is 16.2. The maximum atomic E-state index is 11.9. The summed E-state index contributed by atoms with van der Waals surface area (Å²) in [6.45, 7) is 0. The summed E-state index contributed by atoms with van der Waals surface area (Å²) in [6.07, 6.45) is 5.23. The van der Waals surface area contributed by atoms with E-state index in [1.807, 2.05) is 17.9 Å². The lowest BCUT2D eigenvalue weighted by Crippen LogP contribution is -2.40. The molecule has 0 spiro atoms. The molecule has 2 unspecified atom stereocenters. The molecule has 0 saturated carbocycles. The zero-order chi connectivity index (χ0) is 13.6. The second-order valence-corrected chi connectivity index (χ2v) is 5.33. The van der Waals surface area contributed by atoms with Crippen LogP contribution in [0, 0.1) is 0 Å². The fourth-order valence-corrected chi connectivity index (χ4v) is 3.01. The summed E-state index contributed by atoms with van der Waals surface area (Å²) in [5, 5.41) is 7.62. The van der Waals surface area contributed by atoms with Crippen LogP contribution in [0.5, 0.6) is 0 Å². The number of fused-ring (bicyclic) bond motifs is 1. The first-order chi connectivity index (χ1) is 9.08. The monoisotopic (exact) mass is 262 g/mol. The molecule has 6 heteroatoms. The molecule has 3 rings (SSSR count). The summed E-state index contributed by atoms with van der Waals surface area (Å²) in [7, 11) is 3.49. The van der Waals surface area contributed by atoms with Crippen LogP contribution in [-0.4, -0.2) is 39.6 Å². The topological polar surface area (TPSA) is 67.2 Å². The number of carbonyl (C=O) groups is 2. The molecular formula is C13H18N4O2. The predicted octanol–water partition coefficient (Wildman–Crippen LogP) is 0.144. The molecular weight excluding hydrogens is 244 g/mol. The molecule has 1 aliphatic carbocycles. The number of carbonyl (C=O) groups excluding carboxylic acids is 2. The molecule has 2 atom stereocenters. The first kappa shape index (κ1) is 12.3. The molecule has 1 saturated heterocycles. The van der Waals surface area contributed by atoms with Crippen LogP contribution in [0.15, 0.2) is 6.20 Å². The van der Waals surface area contributed by atoms with Gasteiger partial charge in [0.1, 0.15) is 0 Å². The van der Waals surface area contributed by atoms with Gasteiger partial charge < -0.3 is 0 Å². The Morgan fingerprint density at radius 1 is 1.32 bits per heavy atom. The Bertz CT molecular complexity index is 537. The van der Waals surface area contributed by atoms with Crippen LogP contribution < -0.4 is 5.32 Å². The summed E-state index contributed by atoms with van der Waals surface area (Å²) < 4.78 is 1.90. The van der Waals surface area contributed by atoms with Gasteiger partial charge in [0.05, 0.1) is 18.7 Å². The third-order valence-corrected chi connectivity index (χ3v) is 4.16. The zero-order valence-corrected chi connectivity index (χ0v) is 11.2. The van der Waals surface area contributed by atoms with Crippen LogP contribution >= 0.6 is 0 Å². The van der Waals surface area contributed by atoms with Gasteiger partial charge in [0.15, 0.2) is 0 Å². The Kier molecular flexibility index (Phi) is 2.89. The maximum absolute atomic E-state index is 11.9. The van der Waals surface area contributed by atoms with Crippen molar-refractivity contribution in [2.75, 3.05) is 7.05 Å². The van der Waals surface area contributed by atoms with Gasteiger partial charge in [-0.1, -0.05) is 0 Å². The number of likely N-dealkylation sites (tertiary alicyclic amines) is 1. The van der Waals surface area contributed by atoms with E-state index in [2.05, 4.69) is 10.4 Å². The molecule has 1 aromatic rings. The van der Waals surface area contributed by atoms with E-state index in [0.29, 0.717) is 0 Å². The van der Waals surface area contributed by atoms with Crippen LogP contribution in [0.2, 0.25) is 0 Å². The van der Waals surface area contributed by atoms with Gasteiger partial charge in [0, 0.05) is 31.4 Å². The number of hydrogen-bond donors (Lipinski definition) is 1. The fourth-order valence-electron chi connectivity index (χ4n) is 3.01. The Morgan fingerprint density at radius 2 is 2.11 bits per heavy atom. The Morgan fingerprint density at radius 3 is 2.79 bits per heavy atom. The quantitative estimate of drug-likeness (QED) is 0.770. The summed E-state index contributed by atoms with van der Waals surface area (Å²) in [5.74, 6) is -0.231. The normalized spacial score (nSPS) is 26.9. The average molecular weight is 262 g/mol. The maximum Gasteiger partial charge on any atom is 0.246 e. The molecule has 1 N–H and O–H groups in total. The third kappa shape index (κ3) is 1.96. The van der Waals surface area contributed by atoms with Crippen molar-refractivity contribution in [3.63, 3.8) is 0 Å². The van der Waals surface area contributed by atoms with Crippen LogP contribution in [0.4, 0.5) is 0 Å². The molecule has 6 nitrogen and oxygen atoms in total. The van der Waals surface area contributed by atoms with Crippen LogP contribution in [0.25, 0.3) is 0 Å². The van der Waals surface area contributed by atoms with Crippen molar-refractivity contribution < 1.29 is 9.59 Å². The van der Waals surface area contributed by atoms with E-state index in [4.69, 9.17) is 0 Å². The zero-order valence-electron chi connectivity index (χ0n) is 11.2. The lowest BCUT2D eigenvalue weighted by Gasteiger charge is -2.26. The second kappa shape index (κ2) is 4.45. The molecule has 1 aliphatic heterocycles. The molecule has 1 aromatic heterocycles. The lowest BCUT2D eigenvalue weighted by molar-refractivity contribution is -0.137. The summed E-state index contributed by atoms with van der Waals surface area (Å²) in [6, 6.07) is -0.251. The van der Waals surface area contributed by atoms with Crippen molar-refractivity contribution in [2.45, 2.75) is 37.8 Å². The summed E-state index contributed by atoms with van der Waals surface area (Å²) in [5.41, 5.74) is 2.40. The Balaban J connectivity index is 1.78. The van der Waals surface area contributed by atoms with Gasteiger partial charge in [-0.3, -0.25) is 24.5 Å². The number of amides is 2. The van der Waals surface area contributed by atoms with Gasteiger partial charge in [0.2, 0.25) is 11.8 Å². The molecule has 2 amide bonds. The smallest absolute Gasteiger partial charge is 0.246 e. The van der Waals surface area contributed by atoms with E-state index in [0.717, 1.165) is 19.3 Å². The number of aryl methyl sites for hydroxylation is 1. The lowest BCUT2D eigenvalue weighted by atomic mass is 9.92. The van der Waals surface area contributed by atoms with E-state index < -0.39 is 0 Å². The number of imide groups is 1. The number of rotatable bonds is 2. The van der Waals surface area contributed by atoms with Crippen molar-refractivity contribution in [3.8, 4) is 0 Å². The Labute approximate surface area is 111 Å². The number of likely N-dealkylation sites (N-methyl/N-ethyl adjacent to an activating group) is 1. The van der Waals surface area contributed by atoms with Gasteiger partial charge in [0.25, 0.3) is 0 Å². The minimum Gasteiger partial charge on any atom is -0.298 e. The van der Waals surface area contributed by atoms with E-state index in [-0.39, 0.29) is 30.3 Å². The second-order valence-electron chi connectivity index (χ2n) is 5.33. The third-order valence-electron chi connectivity index (χ3n) is 4.16. The van der Waals surface area contributed by atoms with Gasteiger partial charge in [-0.2, -0.15) is 5.10 Å². The Hall–Kier alpha value is -1.69. The highest BCUT2D eigenvalue weighted by Crippen LogP contribution is 2.30. The summed E-state index contributed by atoms with van der Waals surface area (Å²) in [4.78, 5) is 24.7. The number of aromatic nitrogens is 2. The van der Waals surface area contributed by atoms with E-state index in [1.54, 1.807) is 7.05 Å². The first-order valence-corrected chi connectivity index (χ1v) is 6.65. The molecule has 2 aliphatic rings. The number of hydrogen-bond acceptors (Lipinski definition) is 4. The standard InChI is InChI=1S/C13H18N4O2/c1-16-12(18)6-10(13(16)19)15-9-4-3-5-11-8(9)7-14-17(11)2/h7,9-10,15H,3-6H2,1-2H3. The van der Waals surface area contributed by atoms with E-state index >= 15 is 0 Å². The van der Waals surface area contributed by atoms with Crippen molar-refractivity contribution in [1.82, 2.24) is 20.0 Å². The van der Waals surface area contributed by atoms with Gasteiger partial charge >= 0.3 is 0 Å². The molecule has 0 radical (unpaired) electrons. The minimum absolute atomic E-state index is 0.107. The van der Waals surface area contributed by atoms with Crippen molar-refractivity contribution in [3.05, 3.63) is 17.5 Å². The molecule has 0 bridgehead atoms. The van der Waals surface area contributed by atoms with E-state index in [1.165, 1.54) is 16.2 Å². The molecule has 1 fully saturated rings. The van der Waals surface area contributed by atoms with Gasteiger partial charge in [-0.05, 0) is 19.3 Å². The van der Waals surface area contributed by atoms with Crippen molar-refractivity contribution in [2.24, 2.45) is 7.05 Å². The minimum atomic E-state index is -0.381. The van der Waals surface area contributed by atoms with Crippen LogP contribution in [0.1, 0.15) is 36.6 Å².